The van der Waals surface area contributed by atoms with Crippen molar-refractivity contribution in [2.45, 2.75) is 38.3 Å². The molecule has 1 fully saturated rings. The van der Waals surface area contributed by atoms with Crippen LogP contribution in [0, 0.1) is 0 Å². The van der Waals surface area contributed by atoms with Crippen LogP contribution in [0.25, 0.3) is 22.4 Å². The van der Waals surface area contributed by atoms with Gasteiger partial charge in [-0.05, 0) is 69.5 Å². The molecule has 5 heterocycles. The molecule has 0 aliphatic carbocycles. The van der Waals surface area contributed by atoms with E-state index in [0.29, 0.717) is 39.2 Å². The van der Waals surface area contributed by atoms with Gasteiger partial charge in [0.15, 0.2) is 0 Å². The van der Waals surface area contributed by atoms with E-state index in [-0.39, 0.29) is 29.5 Å². The first kappa shape index (κ1) is 23.6. The van der Waals surface area contributed by atoms with Crippen LogP contribution in [0.4, 0.5) is 5.69 Å². The number of nitrogens with zero attached hydrogens (tertiary/aromatic N) is 3. The molecule has 9 nitrogen and oxygen atoms in total. The number of rotatable bonds is 6. The summed E-state index contributed by atoms with van der Waals surface area (Å²) >= 11 is 1.70. The second-order valence-electron chi connectivity index (χ2n) is 9.94. The highest BCUT2D eigenvalue weighted by atomic mass is 32.1. The molecule has 0 spiro atoms. The Bertz CT molecular complexity index is 1500. The van der Waals surface area contributed by atoms with Crippen LogP contribution in [-0.2, 0) is 6.42 Å². The number of piperidine rings is 1. The lowest BCUT2D eigenvalue weighted by atomic mass is 10.0. The van der Waals surface area contributed by atoms with E-state index >= 15 is 0 Å². The number of fused-ring (bicyclic) bond motifs is 2. The van der Waals surface area contributed by atoms with Crippen LogP contribution >= 0.6 is 11.3 Å². The largest absolute Gasteiger partial charge is 0.381 e. The summed E-state index contributed by atoms with van der Waals surface area (Å²) in [6, 6.07) is 9.31. The van der Waals surface area contributed by atoms with Crippen molar-refractivity contribution in [1.82, 2.24) is 24.8 Å². The number of carbonyl (C=O) groups is 2. The molecule has 190 valence electrons. The summed E-state index contributed by atoms with van der Waals surface area (Å²) in [6.07, 6.45) is 3.99. The first-order chi connectivity index (χ1) is 17.9. The van der Waals surface area contributed by atoms with Gasteiger partial charge in [0.1, 0.15) is 11.4 Å². The van der Waals surface area contributed by atoms with Crippen LogP contribution in [0.3, 0.4) is 0 Å². The first-order valence-electron chi connectivity index (χ1n) is 12.5. The number of carbonyl (C=O) groups excluding carboxylic acids is 2. The van der Waals surface area contributed by atoms with Crippen LogP contribution in [0.2, 0.25) is 0 Å². The van der Waals surface area contributed by atoms with Gasteiger partial charge in [0, 0.05) is 29.6 Å². The highest BCUT2D eigenvalue weighted by molar-refractivity contribution is 7.09. The maximum atomic E-state index is 13.3. The molecular formula is C27H28N6O3S. The number of nitrogens with one attached hydrogen (secondary N) is 3. The number of hydrogen-bond acceptors (Lipinski definition) is 7. The van der Waals surface area contributed by atoms with E-state index < -0.39 is 0 Å². The molecule has 4 aromatic rings. The zero-order chi connectivity index (χ0) is 25.7. The van der Waals surface area contributed by atoms with E-state index in [1.807, 2.05) is 19.2 Å². The molecule has 2 aliphatic heterocycles. The fourth-order valence-electron chi connectivity index (χ4n) is 5.35. The van der Waals surface area contributed by atoms with Crippen molar-refractivity contribution in [3.8, 4) is 11.4 Å². The van der Waals surface area contributed by atoms with Crippen LogP contribution in [0.5, 0.6) is 0 Å². The molecule has 1 saturated heterocycles. The second kappa shape index (κ2) is 9.28. The zero-order valence-corrected chi connectivity index (χ0v) is 21.5. The minimum absolute atomic E-state index is 0.0851. The van der Waals surface area contributed by atoms with Crippen molar-refractivity contribution in [2.24, 2.45) is 0 Å². The van der Waals surface area contributed by atoms with E-state index in [1.54, 1.807) is 29.7 Å². The normalized spacial score (nSPS) is 17.5. The van der Waals surface area contributed by atoms with Crippen LogP contribution in [-0.4, -0.2) is 68.8 Å². The van der Waals surface area contributed by atoms with Crippen molar-refractivity contribution < 1.29 is 9.59 Å². The zero-order valence-electron chi connectivity index (χ0n) is 20.7. The van der Waals surface area contributed by atoms with Gasteiger partial charge in [-0.2, -0.15) is 0 Å². The van der Waals surface area contributed by atoms with E-state index in [0.717, 1.165) is 32.4 Å². The molecule has 10 heteroatoms. The lowest BCUT2D eigenvalue weighted by Crippen LogP contribution is -2.46. The molecule has 1 unspecified atom stereocenters. The number of benzene rings is 1. The van der Waals surface area contributed by atoms with Crippen molar-refractivity contribution in [3.05, 3.63) is 68.3 Å². The summed E-state index contributed by atoms with van der Waals surface area (Å²) in [5.41, 5.74) is 2.70. The third-order valence-electron chi connectivity index (χ3n) is 7.26. The van der Waals surface area contributed by atoms with Crippen LogP contribution in [0.15, 0.2) is 46.7 Å². The Kier molecular flexibility index (Phi) is 5.92. The number of imide groups is 1. The molecule has 0 radical (unpaired) electrons. The smallest absolute Gasteiger partial charge is 0.261 e. The second-order valence-corrected chi connectivity index (χ2v) is 11.0. The van der Waals surface area contributed by atoms with E-state index in [1.165, 1.54) is 9.78 Å². The number of aromatic nitrogens is 3. The fourth-order valence-corrected chi connectivity index (χ4v) is 6.18. The van der Waals surface area contributed by atoms with Crippen LogP contribution in [0.1, 0.15) is 45.4 Å². The lowest BCUT2D eigenvalue weighted by molar-refractivity contribution is 0.0516. The van der Waals surface area contributed by atoms with Crippen molar-refractivity contribution in [3.63, 3.8) is 0 Å². The molecule has 1 aromatic carbocycles. The summed E-state index contributed by atoms with van der Waals surface area (Å²) in [4.78, 5) is 54.9. The Hall–Kier alpha value is -3.76. The Balaban J connectivity index is 1.31. The topological polar surface area (TPSA) is 114 Å². The minimum Gasteiger partial charge on any atom is -0.381 e. The third-order valence-corrected chi connectivity index (χ3v) is 8.16. The van der Waals surface area contributed by atoms with Gasteiger partial charge in [0.25, 0.3) is 17.4 Å². The number of imidazole rings is 1. The number of amides is 2. The number of aromatic amines is 2. The van der Waals surface area contributed by atoms with Gasteiger partial charge in [0.05, 0.1) is 27.8 Å². The summed E-state index contributed by atoms with van der Waals surface area (Å²) in [5.74, 6) is -0.128. The van der Waals surface area contributed by atoms with Gasteiger partial charge in [0.2, 0.25) is 0 Å². The van der Waals surface area contributed by atoms with Gasteiger partial charge < -0.3 is 20.2 Å². The average Bonchev–Trinajstić information content (AvgIpc) is 3.58. The van der Waals surface area contributed by atoms with Gasteiger partial charge in [-0.15, -0.1) is 11.3 Å². The number of anilines is 1. The number of thiophene rings is 1. The average molecular weight is 517 g/mol. The third kappa shape index (κ3) is 4.25. The molecular weight excluding hydrogens is 488 g/mol. The Morgan fingerprint density at radius 1 is 1.14 bits per heavy atom. The van der Waals surface area contributed by atoms with Crippen molar-refractivity contribution >= 4 is 39.9 Å². The summed E-state index contributed by atoms with van der Waals surface area (Å²) < 4.78 is 0. The molecule has 0 saturated carbocycles. The fraction of sp³-hybridized carbons (Fsp3) is 0.333. The highest BCUT2D eigenvalue weighted by Gasteiger charge is 2.41. The highest BCUT2D eigenvalue weighted by Crippen LogP contribution is 2.33. The molecule has 0 bridgehead atoms. The van der Waals surface area contributed by atoms with Gasteiger partial charge in [-0.1, -0.05) is 6.07 Å². The summed E-state index contributed by atoms with van der Waals surface area (Å²) in [7, 11) is 2.05. The lowest BCUT2D eigenvalue weighted by Gasteiger charge is -2.33. The molecule has 3 aromatic heterocycles. The standard InChI is InChI=1S/C27H28N6O3S/c1-15(12-17-4-3-11-37-17)29-20-5-8-28-25(34)23(20)24-30-21-13-18-19(14-22(21)31-24)27(36)33(26(18)35)16-6-9-32(2)10-7-16/h3-5,8,11,13-16H,6-7,9-10,12H2,1-2H3,(H,30,31)(H2,28,29,34). The molecule has 37 heavy (non-hydrogen) atoms. The Morgan fingerprint density at radius 3 is 2.62 bits per heavy atom. The predicted octanol–water partition coefficient (Wildman–Crippen LogP) is 3.71. The Labute approximate surface area is 217 Å². The first-order valence-corrected chi connectivity index (χ1v) is 13.4. The Morgan fingerprint density at radius 2 is 1.89 bits per heavy atom. The summed E-state index contributed by atoms with van der Waals surface area (Å²) in [5, 5.41) is 5.50. The summed E-state index contributed by atoms with van der Waals surface area (Å²) in [6.45, 7) is 3.79. The SMILES string of the molecule is CC(Cc1cccs1)Nc1cc[nH]c(=O)c1-c1nc2cc3c(cc2[nH]1)C(=O)N(C1CCN(C)CC1)C3=O. The minimum atomic E-state index is -0.277. The maximum absolute atomic E-state index is 13.3. The molecule has 1 atom stereocenters. The van der Waals surface area contributed by atoms with Crippen molar-refractivity contribution in [2.75, 3.05) is 25.5 Å². The number of H-pyrrole nitrogens is 2. The molecule has 6 rings (SSSR count). The quantitative estimate of drug-likeness (QED) is 0.337. The van der Waals surface area contributed by atoms with Crippen LogP contribution < -0.4 is 10.9 Å². The van der Waals surface area contributed by atoms with Gasteiger partial charge in [-0.25, -0.2) is 4.98 Å². The number of hydrogen-bond donors (Lipinski definition) is 3. The van der Waals surface area contributed by atoms with E-state index in [2.05, 4.69) is 43.5 Å². The predicted molar refractivity (Wildman–Crippen MR) is 144 cm³/mol. The molecule has 2 amide bonds. The van der Waals surface area contributed by atoms with E-state index in [4.69, 9.17) is 0 Å². The molecule has 2 aliphatic rings. The molecule has 3 N–H and O–H groups in total. The maximum Gasteiger partial charge on any atom is 0.261 e. The monoisotopic (exact) mass is 516 g/mol. The van der Waals surface area contributed by atoms with Gasteiger partial charge >= 0.3 is 0 Å². The van der Waals surface area contributed by atoms with E-state index in [9.17, 15) is 14.4 Å². The van der Waals surface area contributed by atoms with Gasteiger partial charge in [-0.3, -0.25) is 19.3 Å². The van der Waals surface area contributed by atoms with Crippen molar-refractivity contribution in [1.29, 1.82) is 0 Å². The number of likely N-dealkylation sites (tertiary alicyclic amines) is 1. The number of pyridine rings is 1.